The number of aryl methyl sites for hydroxylation is 1. The van der Waals surface area contributed by atoms with E-state index < -0.39 is 6.03 Å². The van der Waals surface area contributed by atoms with Crippen molar-refractivity contribution >= 4 is 12.0 Å². The molecule has 2 amide bonds. The summed E-state index contributed by atoms with van der Waals surface area (Å²) in [4.78, 5) is 17.9. The van der Waals surface area contributed by atoms with Crippen LogP contribution in [0.1, 0.15) is 31.2 Å². The molecule has 0 saturated heterocycles. The number of H-pyrrole nitrogens is 1. The molecule has 1 aromatic heterocycles. The van der Waals surface area contributed by atoms with E-state index in [1.165, 1.54) is 0 Å². The fraction of sp³-hybridized carbons (Fsp3) is 0.545. The van der Waals surface area contributed by atoms with Crippen LogP contribution in [0.25, 0.3) is 0 Å². The van der Waals surface area contributed by atoms with E-state index in [2.05, 4.69) is 27.5 Å². The fourth-order valence-electron chi connectivity index (χ4n) is 1.61. The highest BCUT2D eigenvalue weighted by atomic mass is 16.2. The van der Waals surface area contributed by atoms with Crippen LogP contribution in [0, 0.1) is 5.41 Å². The van der Waals surface area contributed by atoms with Gasteiger partial charge in [-0.05, 0) is 12.8 Å². The van der Waals surface area contributed by atoms with Crippen LogP contribution in [0.15, 0.2) is 6.33 Å². The molecule has 0 aliphatic rings. The van der Waals surface area contributed by atoms with Gasteiger partial charge in [0.25, 0.3) is 0 Å². The fourth-order valence-corrected chi connectivity index (χ4v) is 1.61. The Balaban J connectivity index is 2.32. The van der Waals surface area contributed by atoms with Crippen molar-refractivity contribution in [2.45, 2.75) is 32.6 Å². The average Bonchev–Trinajstić information content (AvgIpc) is 2.73. The van der Waals surface area contributed by atoms with Crippen LogP contribution >= 0.6 is 0 Å². The lowest BCUT2D eigenvalue weighted by molar-refractivity contribution is 0.253. The molecule has 1 rings (SSSR count). The van der Waals surface area contributed by atoms with Crippen molar-refractivity contribution in [2.24, 2.45) is 5.73 Å². The molecule has 0 fully saturated rings. The molecule has 0 atom stereocenters. The molecular weight excluding hydrogens is 232 g/mol. The topological polar surface area (TPSA) is 120 Å². The highest BCUT2D eigenvalue weighted by molar-refractivity contribution is 5.93. The zero-order chi connectivity index (χ0) is 13.4. The summed E-state index contributed by atoms with van der Waals surface area (Å²) < 4.78 is 0. The minimum absolute atomic E-state index is 0.0897. The highest BCUT2D eigenvalue weighted by Gasteiger charge is 2.05. The zero-order valence-electron chi connectivity index (χ0n) is 10.5. The second-order valence-electron chi connectivity index (χ2n) is 3.97. The number of imidazole rings is 1. The molecule has 6 N–H and O–H groups in total. The van der Waals surface area contributed by atoms with Crippen LogP contribution < -0.4 is 16.4 Å². The van der Waals surface area contributed by atoms with Crippen molar-refractivity contribution in [1.82, 2.24) is 20.6 Å². The molecule has 18 heavy (non-hydrogen) atoms. The third kappa shape index (κ3) is 4.86. The molecule has 0 spiro atoms. The van der Waals surface area contributed by atoms with Crippen LogP contribution in [0.4, 0.5) is 4.79 Å². The summed E-state index contributed by atoms with van der Waals surface area (Å²) in [6, 6.07) is -0.740. The molecule has 0 aromatic carbocycles. The van der Waals surface area contributed by atoms with E-state index in [0.29, 0.717) is 13.0 Å². The maximum Gasteiger partial charge on any atom is 0.318 e. The number of hydrogen-bond donors (Lipinski definition) is 5. The normalized spacial score (nSPS) is 10.1. The first-order valence-corrected chi connectivity index (χ1v) is 6.03. The van der Waals surface area contributed by atoms with Crippen molar-refractivity contribution in [3.05, 3.63) is 17.7 Å². The predicted molar refractivity (Wildman–Crippen MR) is 69.4 cm³/mol. The van der Waals surface area contributed by atoms with Gasteiger partial charge in [0.15, 0.2) is 5.96 Å². The Bertz CT molecular complexity index is 400. The number of guanidine groups is 1. The van der Waals surface area contributed by atoms with Gasteiger partial charge in [0.1, 0.15) is 0 Å². The van der Waals surface area contributed by atoms with Crippen molar-refractivity contribution < 1.29 is 4.79 Å². The van der Waals surface area contributed by atoms with E-state index in [4.69, 9.17) is 11.1 Å². The Morgan fingerprint density at radius 1 is 1.56 bits per heavy atom. The molecule has 0 aliphatic heterocycles. The SMILES string of the molecule is CCCCc1[nH]cnc1CCNC(=N)NC(N)=O. The van der Waals surface area contributed by atoms with Gasteiger partial charge in [-0.15, -0.1) is 0 Å². The number of urea groups is 1. The molecule has 1 aromatic rings. The molecule has 0 radical (unpaired) electrons. The number of nitrogens with zero attached hydrogens (tertiary/aromatic N) is 1. The molecule has 0 saturated carbocycles. The lowest BCUT2D eigenvalue weighted by atomic mass is 10.1. The Labute approximate surface area is 106 Å². The average molecular weight is 252 g/mol. The van der Waals surface area contributed by atoms with Gasteiger partial charge in [-0.3, -0.25) is 10.7 Å². The van der Waals surface area contributed by atoms with Crippen LogP contribution in [-0.4, -0.2) is 28.5 Å². The number of primary amides is 1. The Hall–Kier alpha value is -2.05. The van der Waals surface area contributed by atoms with Gasteiger partial charge < -0.3 is 16.0 Å². The predicted octanol–water partition coefficient (Wildman–Crippen LogP) is 0.487. The largest absolute Gasteiger partial charge is 0.356 e. The van der Waals surface area contributed by atoms with Crippen LogP contribution in [0.5, 0.6) is 0 Å². The quantitative estimate of drug-likeness (QED) is 0.374. The molecule has 0 bridgehead atoms. The smallest absolute Gasteiger partial charge is 0.318 e. The van der Waals surface area contributed by atoms with Gasteiger partial charge in [-0.25, -0.2) is 9.78 Å². The number of carbonyl (C=O) groups is 1. The Morgan fingerprint density at radius 3 is 3.00 bits per heavy atom. The van der Waals surface area contributed by atoms with E-state index in [9.17, 15) is 4.79 Å². The molecule has 0 unspecified atom stereocenters. The van der Waals surface area contributed by atoms with E-state index >= 15 is 0 Å². The summed E-state index contributed by atoms with van der Waals surface area (Å²) in [5.41, 5.74) is 7.04. The number of hydrogen-bond acceptors (Lipinski definition) is 3. The maximum atomic E-state index is 10.5. The van der Waals surface area contributed by atoms with Crippen molar-refractivity contribution in [1.29, 1.82) is 5.41 Å². The minimum Gasteiger partial charge on any atom is -0.356 e. The number of nitrogens with one attached hydrogen (secondary N) is 4. The van der Waals surface area contributed by atoms with E-state index in [1.807, 2.05) is 0 Å². The number of rotatable bonds is 6. The maximum absolute atomic E-state index is 10.5. The van der Waals surface area contributed by atoms with Crippen LogP contribution in [0.3, 0.4) is 0 Å². The lowest BCUT2D eigenvalue weighted by Gasteiger charge is -2.07. The minimum atomic E-state index is -0.740. The van der Waals surface area contributed by atoms with Crippen LogP contribution in [-0.2, 0) is 12.8 Å². The van der Waals surface area contributed by atoms with Gasteiger partial charge >= 0.3 is 6.03 Å². The third-order valence-electron chi connectivity index (χ3n) is 2.50. The first-order valence-electron chi connectivity index (χ1n) is 6.03. The second-order valence-corrected chi connectivity index (χ2v) is 3.97. The van der Waals surface area contributed by atoms with Gasteiger partial charge in [0, 0.05) is 18.7 Å². The molecule has 7 nitrogen and oxygen atoms in total. The van der Waals surface area contributed by atoms with Gasteiger partial charge in [-0.1, -0.05) is 13.3 Å². The molecule has 7 heteroatoms. The standard InChI is InChI=1S/C11H20N6O/c1-2-3-4-8-9(16-7-15-8)5-6-14-10(12)17-11(13)18/h7H,2-6H2,1H3,(H,15,16)(H5,12,13,14,17,18). The number of unbranched alkanes of at least 4 members (excludes halogenated alkanes) is 1. The van der Waals surface area contributed by atoms with Gasteiger partial charge in [0.2, 0.25) is 0 Å². The molecular formula is C11H20N6O. The van der Waals surface area contributed by atoms with Crippen molar-refractivity contribution in [3.8, 4) is 0 Å². The van der Waals surface area contributed by atoms with Gasteiger partial charge in [0.05, 0.1) is 12.0 Å². The summed E-state index contributed by atoms with van der Waals surface area (Å²) in [5, 5.41) is 12.3. The first-order chi connectivity index (χ1) is 8.63. The monoisotopic (exact) mass is 252 g/mol. The van der Waals surface area contributed by atoms with Gasteiger partial charge in [-0.2, -0.15) is 0 Å². The Kier molecular flexibility index (Phi) is 5.69. The van der Waals surface area contributed by atoms with Crippen molar-refractivity contribution in [3.63, 3.8) is 0 Å². The molecule has 1 heterocycles. The summed E-state index contributed by atoms with van der Waals surface area (Å²) in [7, 11) is 0. The summed E-state index contributed by atoms with van der Waals surface area (Å²) in [5.74, 6) is -0.0897. The number of aromatic amines is 1. The summed E-state index contributed by atoms with van der Waals surface area (Å²) in [6.45, 7) is 2.68. The van der Waals surface area contributed by atoms with E-state index in [0.717, 1.165) is 30.7 Å². The van der Waals surface area contributed by atoms with E-state index in [1.54, 1.807) is 6.33 Å². The molecule has 100 valence electrons. The molecule has 0 aliphatic carbocycles. The Morgan fingerprint density at radius 2 is 2.33 bits per heavy atom. The lowest BCUT2D eigenvalue weighted by Crippen LogP contribution is -2.43. The van der Waals surface area contributed by atoms with Crippen LogP contribution in [0.2, 0.25) is 0 Å². The number of nitrogens with two attached hydrogens (primary N) is 1. The summed E-state index contributed by atoms with van der Waals surface area (Å²) in [6.07, 6.45) is 5.65. The number of aromatic nitrogens is 2. The number of amides is 2. The first kappa shape index (κ1) is 14.0. The third-order valence-corrected chi connectivity index (χ3v) is 2.50. The number of carbonyl (C=O) groups excluding carboxylic acids is 1. The zero-order valence-corrected chi connectivity index (χ0v) is 10.5. The highest BCUT2D eigenvalue weighted by Crippen LogP contribution is 2.07. The summed E-state index contributed by atoms with van der Waals surface area (Å²) >= 11 is 0. The second kappa shape index (κ2) is 7.31. The van der Waals surface area contributed by atoms with Crippen molar-refractivity contribution in [2.75, 3.05) is 6.54 Å². The van der Waals surface area contributed by atoms with E-state index in [-0.39, 0.29) is 5.96 Å².